The predicted molar refractivity (Wildman–Crippen MR) is 99.3 cm³/mol. The molecule has 0 bridgehead atoms. The summed E-state index contributed by atoms with van der Waals surface area (Å²) in [6.07, 6.45) is 2.43. The molecule has 2 aromatic rings. The average molecular weight is 396 g/mol. The van der Waals surface area contributed by atoms with E-state index in [0.29, 0.717) is 21.8 Å². The van der Waals surface area contributed by atoms with Gasteiger partial charge in [0.05, 0.1) is 11.9 Å². The van der Waals surface area contributed by atoms with Gasteiger partial charge in [0.25, 0.3) is 0 Å². The summed E-state index contributed by atoms with van der Waals surface area (Å²) in [5.74, 6) is -2.50. The Morgan fingerprint density at radius 3 is 2.59 bits per heavy atom. The highest BCUT2D eigenvalue weighted by atomic mass is 32.2. The normalized spacial score (nSPS) is 10.9. The van der Waals surface area contributed by atoms with Crippen LogP contribution in [0.4, 0.5) is 20.2 Å². The fraction of sp³-hybridized carbons (Fsp3) is 0.167. The molecular weight excluding hydrogens is 378 g/mol. The molecule has 2 aromatic carbocycles. The van der Waals surface area contributed by atoms with Gasteiger partial charge in [-0.2, -0.15) is 0 Å². The van der Waals surface area contributed by atoms with Crippen molar-refractivity contribution in [2.75, 3.05) is 29.0 Å². The molecule has 0 saturated heterocycles. The Balaban J connectivity index is 2.17. The van der Waals surface area contributed by atoms with E-state index in [9.17, 15) is 22.0 Å². The smallest absolute Gasteiger partial charge is 0.245 e. The lowest BCUT2D eigenvalue weighted by atomic mass is 10.3. The van der Waals surface area contributed by atoms with Crippen molar-refractivity contribution >= 4 is 27.3 Å². The highest BCUT2D eigenvalue weighted by molar-refractivity contribution is 7.92. The van der Waals surface area contributed by atoms with E-state index in [1.54, 1.807) is 30.3 Å². The maximum atomic E-state index is 13.4. The SMILES string of the molecule is C=CCOc1cccc(NC(=O)CN(c2ccc(F)c(F)c2)S(C)(=O)=O)c1. The molecule has 2 rings (SSSR count). The minimum atomic E-state index is -3.91. The molecule has 9 heteroatoms. The Hall–Kier alpha value is -2.94. The summed E-state index contributed by atoms with van der Waals surface area (Å²) in [5.41, 5.74) is 0.231. The molecule has 0 heterocycles. The predicted octanol–water partition coefficient (Wildman–Crippen LogP) is 2.93. The number of sulfonamides is 1. The number of anilines is 2. The molecule has 27 heavy (non-hydrogen) atoms. The zero-order valence-corrected chi connectivity index (χ0v) is 15.3. The van der Waals surface area contributed by atoms with Gasteiger partial charge in [0.1, 0.15) is 18.9 Å². The molecule has 1 N–H and O–H groups in total. The highest BCUT2D eigenvalue weighted by Gasteiger charge is 2.22. The number of carbonyl (C=O) groups excluding carboxylic acids is 1. The molecule has 144 valence electrons. The second kappa shape index (κ2) is 8.63. The van der Waals surface area contributed by atoms with Crippen LogP contribution >= 0.6 is 0 Å². The number of hydrogen-bond acceptors (Lipinski definition) is 4. The molecule has 0 aliphatic carbocycles. The van der Waals surface area contributed by atoms with Crippen LogP contribution in [0.1, 0.15) is 0 Å². The maximum Gasteiger partial charge on any atom is 0.245 e. The molecule has 0 saturated carbocycles. The van der Waals surface area contributed by atoms with Crippen LogP contribution in [0, 0.1) is 11.6 Å². The Morgan fingerprint density at radius 2 is 1.96 bits per heavy atom. The minimum absolute atomic E-state index is 0.158. The Labute approximate surface area is 156 Å². The van der Waals surface area contributed by atoms with Gasteiger partial charge >= 0.3 is 0 Å². The Kier molecular flexibility index (Phi) is 6.51. The molecule has 0 radical (unpaired) electrons. The second-order valence-corrected chi connectivity index (χ2v) is 7.45. The van der Waals surface area contributed by atoms with Gasteiger partial charge in [0, 0.05) is 17.8 Å². The van der Waals surface area contributed by atoms with Crippen LogP contribution in [-0.2, 0) is 14.8 Å². The summed E-state index contributed by atoms with van der Waals surface area (Å²) >= 11 is 0. The van der Waals surface area contributed by atoms with E-state index in [1.165, 1.54) is 0 Å². The number of halogens is 2. The standard InChI is InChI=1S/C18H18F2N2O4S/c1-3-9-26-15-6-4-5-13(10-15)21-18(23)12-22(27(2,24)25)14-7-8-16(19)17(20)11-14/h3-8,10-11H,1,9,12H2,2H3,(H,21,23). The van der Waals surface area contributed by atoms with Crippen molar-refractivity contribution in [1.29, 1.82) is 0 Å². The third kappa shape index (κ3) is 5.78. The largest absolute Gasteiger partial charge is 0.489 e. The maximum absolute atomic E-state index is 13.4. The second-order valence-electron chi connectivity index (χ2n) is 5.54. The number of nitrogens with zero attached hydrogens (tertiary/aromatic N) is 1. The Bertz CT molecular complexity index is 948. The van der Waals surface area contributed by atoms with Gasteiger partial charge in [-0.3, -0.25) is 9.10 Å². The van der Waals surface area contributed by atoms with Crippen molar-refractivity contribution in [2.24, 2.45) is 0 Å². The van der Waals surface area contributed by atoms with Crippen molar-refractivity contribution in [3.63, 3.8) is 0 Å². The van der Waals surface area contributed by atoms with Crippen molar-refractivity contribution in [2.45, 2.75) is 0 Å². The fourth-order valence-corrected chi connectivity index (χ4v) is 3.04. The molecule has 0 unspecified atom stereocenters. The monoisotopic (exact) mass is 396 g/mol. The first-order chi connectivity index (χ1) is 12.7. The van der Waals surface area contributed by atoms with E-state index < -0.39 is 34.1 Å². The molecule has 0 aliphatic rings. The van der Waals surface area contributed by atoms with Crippen molar-refractivity contribution in [3.05, 3.63) is 66.8 Å². The minimum Gasteiger partial charge on any atom is -0.489 e. The van der Waals surface area contributed by atoms with E-state index in [0.717, 1.165) is 18.4 Å². The van der Waals surface area contributed by atoms with Gasteiger partial charge < -0.3 is 10.1 Å². The van der Waals surface area contributed by atoms with Crippen LogP contribution in [0.5, 0.6) is 5.75 Å². The van der Waals surface area contributed by atoms with E-state index in [4.69, 9.17) is 4.74 Å². The number of rotatable bonds is 8. The number of ether oxygens (including phenoxy) is 1. The average Bonchev–Trinajstić information content (AvgIpc) is 2.60. The first kappa shape index (κ1) is 20.4. The summed E-state index contributed by atoms with van der Waals surface area (Å²) in [5, 5.41) is 2.54. The molecule has 1 amide bonds. The summed E-state index contributed by atoms with van der Waals surface area (Å²) in [6.45, 7) is 3.21. The number of amides is 1. The number of carbonyl (C=O) groups is 1. The van der Waals surface area contributed by atoms with Gasteiger partial charge in [0.2, 0.25) is 15.9 Å². The van der Waals surface area contributed by atoms with Crippen molar-refractivity contribution in [3.8, 4) is 5.75 Å². The number of benzene rings is 2. The lowest BCUT2D eigenvalue weighted by Gasteiger charge is -2.22. The van der Waals surface area contributed by atoms with Crippen LogP contribution < -0.4 is 14.4 Å². The lowest BCUT2D eigenvalue weighted by molar-refractivity contribution is -0.114. The van der Waals surface area contributed by atoms with Crippen LogP contribution in [0.15, 0.2) is 55.1 Å². The Morgan fingerprint density at radius 1 is 1.22 bits per heavy atom. The summed E-state index contributed by atoms with van der Waals surface area (Å²) in [6, 6.07) is 9.08. The summed E-state index contributed by atoms with van der Waals surface area (Å²) < 4.78 is 56.5. The fourth-order valence-electron chi connectivity index (χ4n) is 2.19. The van der Waals surface area contributed by atoms with Crippen LogP contribution in [0.3, 0.4) is 0 Å². The topological polar surface area (TPSA) is 75.7 Å². The van der Waals surface area contributed by atoms with E-state index >= 15 is 0 Å². The van der Waals surface area contributed by atoms with Crippen LogP contribution in [0.2, 0.25) is 0 Å². The first-order valence-electron chi connectivity index (χ1n) is 7.77. The molecule has 0 spiro atoms. The third-order valence-electron chi connectivity index (χ3n) is 3.36. The van der Waals surface area contributed by atoms with Crippen molar-refractivity contribution < 1.29 is 26.7 Å². The van der Waals surface area contributed by atoms with E-state index in [-0.39, 0.29) is 12.3 Å². The number of nitrogens with one attached hydrogen (secondary N) is 1. The van der Waals surface area contributed by atoms with E-state index in [1.807, 2.05) is 0 Å². The zero-order valence-electron chi connectivity index (χ0n) is 14.5. The molecule has 0 atom stereocenters. The van der Waals surface area contributed by atoms with Crippen molar-refractivity contribution in [1.82, 2.24) is 0 Å². The van der Waals surface area contributed by atoms with Gasteiger partial charge in [-0.1, -0.05) is 18.7 Å². The van der Waals surface area contributed by atoms with Gasteiger partial charge in [-0.25, -0.2) is 17.2 Å². The molecule has 0 aromatic heterocycles. The zero-order chi connectivity index (χ0) is 20.0. The summed E-state index contributed by atoms with van der Waals surface area (Å²) in [7, 11) is -3.91. The quantitative estimate of drug-likeness (QED) is 0.696. The first-order valence-corrected chi connectivity index (χ1v) is 9.62. The highest BCUT2D eigenvalue weighted by Crippen LogP contribution is 2.21. The van der Waals surface area contributed by atoms with Gasteiger partial charge in [0.15, 0.2) is 11.6 Å². The molecule has 0 fully saturated rings. The van der Waals surface area contributed by atoms with Gasteiger partial charge in [-0.05, 0) is 24.3 Å². The summed E-state index contributed by atoms with van der Waals surface area (Å²) in [4.78, 5) is 12.3. The third-order valence-corrected chi connectivity index (χ3v) is 4.50. The van der Waals surface area contributed by atoms with Crippen LogP contribution in [-0.4, -0.2) is 33.7 Å². The van der Waals surface area contributed by atoms with Crippen LogP contribution in [0.25, 0.3) is 0 Å². The molecule has 6 nitrogen and oxygen atoms in total. The molecular formula is C18H18F2N2O4S. The van der Waals surface area contributed by atoms with E-state index in [2.05, 4.69) is 11.9 Å². The van der Waals surface area contributed by atoms with Gasteiger partial charge in [-0.15, -0.1) is 0 Å². The number of hydrogen-bond donors (Lipinski definition) is 1. The lowest BCUT2D eigenvalue weighted by Crippen LogP contribution is -2.37. The molecule has 0 aliphatic heterocycles.